The highest BCUT2D eigenvalue weighted by molar-refractivity contribution is 5.94. The van der Waals surface area contributed by atoms with E-state index < -0.39 is 30.1 Å². The van der Waals surface area contributed by atoms with Crippen molar-refractivity contribution in [2.24, 2.45) is 11.8 Å². The van der Waals surface area contributed by atoms with E-state index in [0.29, 0.717) is 19.4 Å². The molecule has 2 heterocycles. The monoisotopic (exact) mass is 487 g/mol. The number of nitrogens with zero attached hydrogens (tertiary/aromatic N) is 1. The maximum atomic E-state index is 12.7. The van der Waals surface area contributed by atoms with Gasteiger partial charge in [0.1, 0.15) is 18.4 Å². The highest BCUT2D eigenvalue weighted by atomic mass is 16.5. The van der Waals surface area contributed by atoms with Crippen LogP contribution in [0.2, 0.25) is 0 Å². The molecule has 1 aliphatic heterocycles. The summed E-state index contributed by atoms with van der Waals surface area (Å²) in [5, 5.41) is 15.6. The zero-order chi connectivity index (χ0) is 26.0. The number of aliphatic hydroxyl groups excluding tert-OH is 1. The summed E-state index contributed by atoms with van der Waals surface area (Å²) in [6.07, 6.45) is 10.3. The van der Waals surface area contributed by atoms with Crippen molar-refractivity contribution in [2.75, 3.05) is 6.54 Å². The lowest BCUT2D eigenvalue weighted by Crippen LogP contribution is -2.42. The van der Waals surface area contributed by atoms with Gasteiger partial charge in [-0.2, -0.15) is 0 Å². The number of amides is 2. The van der Waals surface area contributed by atoms with Crippen molar-refractivity contribution < 1.29 is 28.6 Å². The van der Waals surface area contributed by atoms with Crippen LogP contribution in [0, 0.1) is 11.8 Å². The fraction of sp³-hybridized carbons (Fsp3) is 0.538. The molecule has 0 fully saturated rings. The maximum absolute atomic E-state index is 12.7. The van der Waals surface area contributed by atoms with Crippen molar-refractivity contribution in [2.45, 2.75) is 72.1 Å². The predicted octanol–water partition coefficient (Wildman–Crippen LogP) is 2.87. The van der Waals surface area contributed by atoms with Gasteiger partial charge >= 0.3 is 5.97 Å². The normalized spacial score (nSPS) is 29.3. The predicted molar refractivity (Wildman–Crippen MR) is 131 cm³/mol. The van der Waals surface area contributed by atoms with Crippen molar-refractivity contribution >= 4 is 17.8 Å². The number of carbonyl (C=O) groups excluding carboxylic acids is 3. The van der Waals surface area contributed by atoms with Gasteiger partial charge in [0.15, 0.2) is 11.6 Å². The van der Waals surface area contributed by atoms with Gasteiger partial charge in [-0.15, -0.1) is 0 Å². The minimum Gasteiger partial charge on any atom is -0.460 e. The number of allylic oxidation sites excluding steroid dienone is 3. The van der Waals surface area contributed by atoms with Gasteiger partial charge in [-0.25, -0.2) is 9.78 Å². The third-order valence-corrected chi connectivity index (χ3v) is 5.62. The highest BCUT2D eigenvalue weighted by Crippen LogP contribution is 2.19. The largest absolute Gasteiger partial charge is 0.460 e. The first-order valence-corrected chi connectivity index (χ1v) is 12.0. The Morgan fingerprint density at radius 3 is 2.63 bits per heavy atom. The molecule has 0 radical (unpaired) electrons. The fourth-order valence-electron chi connectivity index (χ4n) is 3.61. The minimum atomic E-state index is -0.919. The Morgan fingerprint density at radius 1 is 1.17 bits per heavy atom. The van der Waals surface area contributed by atoms with Crippen molar-refractivity contribution in [3.8, 4) is 0 Å². The number of ether oxygens (including phenoxy) is 1. The molecule has 9 heteroatoms. The van der Waals surface area contributed by atoms with E-state index in [1.54, 1.807) is 6.08 Å². The van der Waals surface area contributed by atoms with E-state index in [1.165, 1.54) is 19.3 Å². The second kappa shape index (κ2) is 13.6. The molecule has 4 atom stereocenters. The summed E-state index contributed by atoms with van der Waals surface area (Å²) in [4.78, 5) is 41.5. The molecular weight excluding hydrogens is 450 g/mol. The molecule has 0 saturated carbocycles. The van der Waals surface area contributed by atoms with Crippen LogP contribution in [-0.4, -0.2) is 52.7 Å². The average molecular weight is 488 g/mol. The lowest BCUT2D eigenvalue weighted by molar-refractivity contribution is -0.155. The number of esters is 1. The number of aromatic nitrogens is 1. The second-order valence-electron chi connectivity index (χ2n) is 9.22. The summed E-state index contributed by atoms with van der Waals surface area (Å²) in [5.41, 5.74) is 1.04. The number of hydrogen-bond acceptors (Lipinski definition) is 7. The Labute approximate surface area is 206 Å². The molecule has 1 aromatic rings. The van der Waals surface area contributed by atoms with Crippen LogP contribution in [-0.2, 0) is 20.7 Å². The number of cyclic esters (lactones) is 1. The molecule has 0 spiro atoms. The summed E-state index contributed by atoms with van der Waals surface area (Å²) in [5.74, 6) is -1.40. The molecule has 2 rings (SSSR count). The van der Waals surface area contributed by atoms with Crippen LogP contribution in [0.15, 0.2) is 46.6 Å². The highest BCUT2D eigenvalue weighted by Gasteiger charge is 2.27. The number of oxazole rings is 1. The van der Waals surface area contributed by atoms with Crippen molar-refractivity contribution in [1.82, 2.24) is 15.6 Å². The topological polar surface area (TPSA) is 131 Å². The summed E-state index contributed by atoms with van der Waals surface area (Å²) in [6.45, 7) is 9.56. The summed E-state index contributed by atoms with van der Waals surface area (Å²) >= 11 is 0. The van der Waals surface area contributed by atoms with Crippen LogP contribution in [0.5, 0.6) is 0 Å². The molecule has 2 bridgehead atoms. The first kappa shape index (κ1) is 28.0. The Bertz CT molecular complexity index is 962. The second-order valence-corrected chi connectivity index (χ2v) is 9.22. The van der Waals surface area contributed by atoms with Gasteiger partial charge in [0.05, 0.1) is 12.5 Å². The molecule has 35 heavy (non-hydrogen) atoms. The number of aliphatic hydroxyl groups is 1. The maximum Gasteiger partial charge on any atom is 0.328 e. The molecule has 1 unspecified atom stereocenters. The van der Waals surface area contributed by atoms with Gasteiger partial charge in [0, 0.05) is 12.5 Å². The van der Waals surface area contributed by atoms with Crippen LogP contribution in [0.3, 0.4) is 0 Å². The molecule has 0 saturated heterocycles. The van der Waals surface area contributed by atoms with Crippen LogP contribution < -0.4 is 10.6 Å². The van der Waals surface area contributed by atoms with Crippen LogP contribution in [0.1, 0.15) is 63.8 Å². The van der Waals surface area contributed by atoms with Crippen LogP contribution >= 0.6 is 0 Å². The zero-order valence-electron chi connectivity index (χ0n) is 21.1. The van der Waals surface area contributed by atoms with Gasteiger partial charge in [0.25, 0.3) is 5.91 Å². The molecule has 1 aliphatic rings. The van der Waals surface area contributed by atoms with Gasteiger partial charge in [-0.05, 0) is 38.7 Å². The van der Waals surface area contributed by atoms with Crippen LogP contribution in [0.25, 0.3) is 0 Å². The number of fused-ring (bicyclic) bond motifs is 2. The van der Waals surface area contributed by atoms with Crippen molar-refractivity contribution in [3.05, 3.63) is 53.8 Å². The van der Waals surface area contributed by atoms with E-state index in [9.17, 15) is 19.5 Å². The first-order chi connectivity index (χ1) is 16.6. The van der Waals surface area contributed by atoms with E-state index in [-0.39, 0.29) is 35.7 Å². The fourth-order valence-corrected chi connectivity index (χ4v) is 3.61. The third-order valence-electron chi connectivity index (χ3n) is 5.62. The van der Waals surface area contributed by atoms with Gasteiger partial charge in [0.2, 0.25) is 5.91 Å². The molecule has 9 nitrogen and oxygen atoms in total. The number of nitrogens with one attached hydrogen (secondary N) is 2. The van der Waals surface area contributed by atoms with Gasteiger partial charge in [-0.3, -0.25) is 9.59 Å². The Kier molecular flexibility index (Phi) is 10.9. The van der Waals surface area contributed by atoms with E-state index >= 15 is 0 Å². The lowest BCUT2D eigenvalue weighted by Gasteiger charge is -2.27. The molecule has 2 amide bonds. The average Bonchev–Trinajstić information content (AvgIpc) is 3.26. The third kappa shape index (κ3) is 9.52. The van der Waals surface area contributed by atoms with Crippen molar-refractivity contribution in [1.29, 1.82) is 0 Å². The smallest absolute Gasteiger partial charge is 0.328 e. The number of rotatable bonds is 1. The van der Waals surface area contributed by atoms with E-state index in [2.05, 4.69) is 15.6 Å². The van der Waals surface area contributed by atoms with E-state index in [0.717, 1.165) is 5.57 Å². The molecule has 3 N–H and O–H groups in total. The minimum absolute atomic E-state index is 0.0127. The zero-order valence-corrected chi connectivity index (χ0v) is 21.1. The quantitative estimate of drug-likeness (QED) is 0.519. The molecule has 192 valence electrons. The Hall–Kier alpha value is -3.20. The van der Waals surface area contributed by atoms with Crippen LogP contribution in [0.4, 0.5) is 0 Å². The number of carbonyl (C=O) groups is 3. The SMILES string of the molecule is CC1=C\CC[C@H](O)Cc2nc(co2)C(=O)N[C@H](C)C(=O)OC(C(C)C)[C@H](C)/C=C/C(=O)NC\C=C\1. The molecular formula is C26H37N3O6. The molecule has 0 aromatic carbocycles. The number of hydrogen-bond donors (Lipinski definition) is 3. The van der Waals surface area contributed by atoms with E-state index in [4.69, 9.17) is 9.15 Å². The lowest BCUT2D eigenvalue weighted by atomic mass is 9.94. The standard InChI is InChI=1S/C26H37N3O6/c1-16(2)24-18(4)11-12-22(31)27-13-7-9-17(3)8-6-10-20(30)14-23-29-21(15-34-23)25(32)28-19(5)26(33)35-24/h7-9,11-12,15-16,18-20,24,30H,6,10,13-14H2,1-5H3,(H,27,31)(H,28,32)/b9-7+,12-11+,17-8+/t18-,19-,20+,24?/m1/s1. The van der Waals surface area contributed by atoms with Gasteiger partial charge in [-0.1, -0.05) is 50.6 Å². The summed E-state index contributed by atoms with van der Waals surface area (Å²) in [6, 6.07) is -0.919. The van der Waals surface area contributed by atoms with E-state index in [1.807, 2.05) is 45.9 Å². The summed E-state index contributed by atoms with van der Waals surface area (Å²) < 4.78 is 11.0. The van der Waals surface area contributed by atoms with Crippen molar-refractivity contribution in [3.63, 3.8) is 0 Å². The van der Waals surface area contributed by atoms with Gasteiger partial charge < -0.3 is 24.9 Å². The Balaban J connectivity index is 2.20. The molecule has 1 aromatic heterocycles. The Morgan fingerprint density at radius 2 is 1.91 bits per heavy atom. The summed E-state index contributed by atoms with van der Waals surface area (Å²) in [7, 11) is 0. The first-order valence-electron chi connectivity index (χ1n) is 12.0. The molecule has 0 aliphatic carbocycles.